The molecule has 5 nitrogen and oxygen atoms in total. The van der Waals surface area contributed by atoms with Crippen molar-refractivity contribution < 1.29 is 13.2 Å². The molecule has 0 atom stereocenters. The minimum Gasteiger partial charge on any atom is -0.250 e. The van der Waals surface area contributed by atoms with E-state index < -0.39 is 17.5 Å². The maximum atomic E-state index is 14.2. The molecule has 0 spiro atoms. The highest BCUT2D eigenvalue weighted by Crippen LogP contribution is 2.29. The Bertz CT molecular complexity index is 1110. The lowest BCUT2D eigenvalue weighted by molar-refractivity contribution is 0.573. The van der Waals surface area contributed by atoms with Crippen LogP contribution in [0.25, 0.3) is 28.3 Å². The van der Waals surface area contributed by atoms with Crippen LogP contribution >= 0.6 is 0 Å². The van der Waals surface area contributed by atoms with Crippen LogP contribution in [0.4, 0.5) is 13.2 Å². The Hall–Kier alpha value is -3.29. The third-order valence-electron chi connectivity index (χ3n) is 3.68. The van der Waals surface area contributed by atoms with Gasteiger partial charge in [0.15, 0.2) is 5.82 Å². The second-order valence-electron chi connectivity index (χ2n) is 5.43. The second kappa shape index (κ2) is 5.66. The molecule has 25 heavy (non-hydrogen) atoms. The number of halogens is 3. The molecule has 3 aromatic heterocycles. The van der Waals surface area contributed by atoms with Gasteiger partial charge in [-0.3, -0.25) is 4.98 Å². The number of aryl methyl sites for hydroxylation is 1. The molecule has 0 aliphatic heterocycles. The summed E-state index contributed by atoms with van der Waals surface area (Å²) in [5.74, 6) is -2.04. The Balaban J connectivity index is 1.89. The second-order valence-corrected chi connectivity index (χ2v) is 5.43. The summed E-state index contributed by atoms with van der Waals surface area (Å²) in [4.78, 5) is 12.1. The van der Waals surface area contributed by atoms with E-state index in [0.29, 0.717) is 28.8 Å². The number of hydrogen-bond acceptors (Lipinski definition) is 4. The first-order valence-electron chi connectivity index (χ1n) is 7.31. The van der Waals surface area contributed by atoms with Crippen LogP contribution in [0.15, 0.2) is 42.9 Å². The summed E-state index contributed by atoms with van der Waals surface area (Å²) in [6.45, 7) is 1.79. The van der Waals surface area contributed by atoms with E-state index in [1.165, 1.54) is 22.7 Å². The Labute approximate surface area is 139 Å². The van der Waals surface area contributed by atoms with Crippen LogP contribution in [0, 0.1) is 24.4 Å². The lowest BCUT2D eigenvalue weighted by Crippen LogP contribution is -1.99. The Morgan fingerprint density at radius 1 is 0.920 bits per heavy atom. The molecule has 0 bridgehead atoms. The van der Waals surface area contributed by atoms with E-state index in [1.807, 2.05) is 0 Å². The van der Waals surface area contributed by atoms with E-state index >= 15 is 0 Å². The van der Waals surface area contributed by atoms with Gasteiger partial charge in [0.25, 0.3) is 5.78 Å². The van der Waals surface area contributed by atoms with E-state index in [0.717, 1.165) is 6.20 Å². The molecular weight excluding hydrogens is 331 g/mol. The van der Waals surface area contributed by atoms with Crippen LogP contribution in [0.5, 0.6) is 0 Å². The van der Waals surface area contributed by atoms with Crippen molar-refractivity contribution in [1.29, 1.82) is 0 Å². The van der Waals surface area contributed by atoms with Gasteiger partial charge in [0.05, 0.1) is 30.0 Å². The predicted octanol–water partition coefficient (Wildman–Crippen LogP) is 3.58. The molecule has 0 saturated carbocycles. The van der Waals surface area contributed by atoms with Crippen LogP contribution in [-0.4, -0.2) is 24.6 Å². The minimum atomic E-state index is -0.940. The average molecular weight is 341 g/mol. The molecule has 0 N–H and O–H groups in total. The minimum absolute atomic E-state index is 0.0787. The molecule has 0 aliphatic carbocycles. The van der Waals surface area contributed by atoms with Crippen molar-refractivity contribution in [3.05, 3.63) is 66.0 Å². The van der Waals surface area contributed by atoms with Gasteiger partial charge in [-0.15, -0.1) is 0 Å². The molecule has 1 aromatic carbocycles. The highest BCUT2D eigenvalue weighted by atomic mass is 19.1. The fraction of sp³-hybridized carbons (Fsp3) is 0.0588. The van der Waals surface area contributed by atoms with Crippen molar-refractivity contribution >= 4 is 5.78 Å². The number of rotatable bonds is 2. The normalized spacial score (nSPS) is 11.2. The molecule has 0 amide bonds. The monoisotopic (exact) mass is 341 g/mol. The standard InChI is InChI=1S/C17H10F3N5/c1-9-6-23-25-15(8-22-17(25)24-9)10-2-3-13(19)12(4-10)16-14(20)5-11(18)7-21-16/h2-8H,1H3. The molecule has 4 aromatic rings. The molecule has 8 heteroatoms. The summed E-state index contributed by atoms with van der Waals surface area (Å²) >= 11 is 0. The third kappa shape index (κ3) is 2.61. The first-order valence-corrected chi connectivity index (χ1v) is 7.31. The average Bonchev–Trinajstić information content (AvgIpc) is 2.99. The summed E-state index contributed by atoms with van der Waals surface area (Å²) in [5.41, 5.74) is 1.47. The van der Waals surface area contributed by atoms with Gasteiger partial charge in [0.2, 0.25) is 0 Å². The van der Waals surface area contributed by atoms with E-state index in [4.69, 9.17) is 0 Å². The van der Waals surface area contributed by atoms with Gasteiger partial charge in [-0.1, -0.05) is 0 Å². The van der Waals surface area contributed by atoms with Gasteiger partial charge in [0, 0.05) is 17.2 Å². The van der Waals surface area contributed by atoms with Gasteiger partial charge in [0.1, 0.15) is 17.3 Å². The number of pyridine rings is 1. The summed E-state index contributed by atoms with van der Waals surface area (Å²) in [7, 11) is 0. The summed E-state index contributed by atoms with van der Waals surface area (Å²) in [5, 5.41) is 4.23. The van der Waals surface area contributed by atoms with Crippen molar-refractivity contribution in [3.63, 3.8) is 0 Å². The van der Waals surface area contributed by atoms with Crippen molar-refractivity contribution in [1.82, 2.24) is 24.6 Å². The fourth-order valence-corrected chi connectivity index (χ4v) is 2.53. The smallest absolute Gasteiger partial charge is 0.250 e. The lowest BCUT2D eigenvalue weighted by Gasteiger charge is -2.07. The number of hydrogen-bond donors (Lipinski definition) is 0. The van der Waals surface area contributed by atoms with E-state index in [-0.39, 0.29) is 11.3 Å². The summed E-state index contributed by atoms with van der Waals surface area (Å²) in [6.07, 6.45) is 3.96. The number of fused-ring (bicyclic) bond motifs is 1. The van der Waals surface area contributed by atoms with Crippen LogP contribution in [0.3, 0.4) is 0 Å². The zero-order chi connectivity index (χ0) is 17.6. The molecular formula is C17H10F3N5. The van der Waals surface area contributed by atoms with Gasteiger partial charge in [-0.25, -0.2) is 23.1 Å². The van der Waals surface area contributed by atoms with Crippen molar-refractivity contribution in [2.24, 2.45) is 0 Å². The number of imidazole rings is 1. The molecule has 124 valence electrons. The maximum absolute atomic E-state index is 14.2. The molecule has 0 radical (unpaired) electrons. The fourth-order valence-electron chi connectivity index (χ4n) is 2.53. The van der Waals surface area contributed by atoms with Gasteiger partial charge in [-0.05, 0) is 25.1 Å². The Kier molecular flexibility index (Phi) is 3.45. The van der Waals surface area contributed by atoms with E-state index in [9.17, 15) is 13.2 Å². The maximum Gasteiger partial charge on any atom is 0.251 e. The molecule has 0 saturated heterocycles. The Morgan fingerprint density at radius 3 is 2.56 bits per heavy atom. The topological polar surface area (TPSA) is 56.0 Å². The zero-order valence-electron chi connectivity index (χ0n) is 12.9. The zero-order valence-corrected chi connectivity index (χ0v) is 12.9. The van der Waals surface area contributed by atoms with Gasteiger partial charge < -0.3 is 0 Å². The quantitative estimate of drug-likeness (QED) is 0.559. The van der Waals surface area contributed by atoms with Crippen LogP contribution in [0.2, 0.25) is 0 Å². The van der Waals surface area contributed by atoms with E-state index in [1.54, 1.807) is 19.3 Å². The summed E-state index contributed by atoms with van der Waals surface area (Å²) < 4.78 is 42.7. The van der Waals surface area contributed by atoms with Crippen molar-refractivity contribution in [3.8, 4) is 22.5 Å². The van der Waals surface area contributed by atoms with Crippen LogP contribution < -0.4 is 0 Å². The largest absolute Gasteiger partial charge is 0.251 e. The SMILES string of the molecule is Cc1cnn2c(-c3ccc(F)c(-c4ncc(F)cc4F)c3)cnc2n1. The molecule has 0 unspecified atom stereocenters. The van der Waals surface area contributed by atoms with Crippen LogP contribution in [-0.2, 0) is 0 Å². The molecule has 4 rings (SSSR count). The molecule has 0 aliphatic rings. The molecule has 3 heterocycles. The highest BCUT2D eigenvalue weighted by Gasteiger charge is 2.16. The van der Waals surface area contributed by atoms with Crippen molar-refractivity contribution in [2.45, 2.75) is 6.92 Å². The molecule has 0 fully saturated rings. The highest BCUT2D eigenvalue weighted by molar-refractivity contribution is 5.71. The predicted molar refractivity (Wildman–Crippen MR) is 84.1 cm³/mol. The van der Waals surface area contributed by atoms with E-state index in [2.05, 4.69) is 20.1 Å². The number of aromatic nitrogens is 5. The lowest BCUT2D eigenvalue weighted by atomic mass is 10.0. The van der Waals surface area contributed by atoms with Crippen molar-refractivity contribution in [2.75, 3.05) is 0 Å². The first kappa shape index (κ1) is 15.3. The number of nitrogens with zero attached hydrogens (tertiary/aromatic N) is 5. The van der Waals surface area contributed by atoms with Crippen LogP contribution in [0.1, 0.15) is 5.69 Å². The number of benzene rings is 1. The third-order valence-corrected chi connectivity index (χ3v) is 3.68. The summed E-state index contributed by atoms with van der Waals surface area (Å²) in [6, 6.07) is 4.79. The van der Waals surface area contributed by atoms with Gasteiger partial charge in [-0.2, -0.15) is 9.61 Å². The first-order chi connectivity index (χ1) is 12.0. The van der Waals surface area contributed by atoms with Gasteiger partial charge >= 0.3 is 0 Å². The Morgan fingerprint density at radius 2 is 1.76 bits per heavy atom.